The largest absolute Gasteiger partial charge is 0.320 e. The number of nitrogens with zero attached hydrogens (tertiary/aromatic N) is 3. The summed E-state index contributed by atoms with van der Waals surface area (Å²) in [7, 11) is 0. The van der Waals surface area contributed by atoms with Crippen LogP contribution in [0.3, 0.4) is 0 Å². The van der Waals surface area contributed by atoms with Gasteiger partial charge in [-0.1, -0.05) is 44.2 Å². The molecule has 1 amide bonds. The summed E-state index contributed by atoms with van der Waals surface area (Å²) >= 11 is 0. The average Bonchev–Trinajstić information content (AvgIpc) is 3.30. The standard InChI is InChI=1S/C22H20FN5O.C2H6/c1-15(29)28(14-16-5-3-2-4-6-16)22-24-12-11-20(26-22)19-13-25-27-21(19)17-7-9-18(23)10-8-17;1-2/h2-12,25,27H,13-14H2,1H3;1-2H3. The normalized spacial score (nSPS) is 12.6. The van der Waals surface area contributed by atoms with Crippen molar-refractivity contribution in [1.29, 1.82) is 0 Å². The van der Waals surface area contributed by atoms with Crippen molar-refractivity contribution in [1.82, 2.24) is 20.8 Å². The molecule has 0 atom stereocenters. The first kappa shape index (κ1) is 22.1. The van der Waals surface area contributed by atoms with Crippen molar-refractivity contribution in [2.45, 2.75) is 27.3 Å². The van der Waals surface area contributed by atoms with Gasteiger partial charge in [-0.15, -0.1) is 0 Å². The molecule has 1 aliphatic rings. The minimum atomic E-state index is -0.288. The number of anilines is 1. The van der Waals surface area contributed by atoms with E-state index >= 15 is 0 Å². The summed E-state index contributed by atoms with van der Waals surface area (Å²) in [5.41, 5.74) is 10.5. The van der Waals surface area contributed by atoms with Gasteiger partial charge in [-0.3, -0.25) is 9.69 Å². The van der Waals surface area contributed by atoms with E-state index in [4.69, 9.17) is 0 Å². The quantitative estimate of drug-likeness (QED) is 0.650. The highest BCUT2D eigenvalue weighted by Gasteiger charge is 2.21. The molecule has 160 valence electrons. The van der Waals surface area contributed by atoms with Crippen LogP contribution < -0.4 is 15.8 Å². The molecule has 1 aromatic heterocycles. The van der Waals surface area contributed by atoms with Gasteiger partial charge in [-0.25, -0.2) is 19.8 Å². The van der Waals surface area contributed by atoms with Crippen LogP contribution in [0.5, 0.6) is 0 Å². The lowest BCUT2D eigenvalue weighted by Crippen LogP contribution is -2.29. The van der Waals surface area contributed by atoms with Gasteiger partial charge in [-0.05, 0) is 41.5 Å². The van der Waals surface area contributed by atoms with Gasteiger partial charge in [0.1, 0.15) is 5.82 Å². The lowest BCUT2D eigenvalue weighted by molar-refractivity contribution is -0.116. The number of benzene rings is 2. The van der Waals surface area contributed by atoms with E-state index in [1.165, 1.54) is 19.1 Å². The van der Waals surface area contributed by atoms with E-state index in [2.05, 4.69) is 20.8 Å². The predicted octanol–water partition coefficient (Wildman–Crippen LogP) is 4.17. The molecule has 0 saturated heterocycles. The minimum Gasteiger partial charge on any atom is -0.320 e. The molecule has 4 rings (SSSR count). The molecule has 1 aliphatic heterocycles. The molecule has 2 N–H and O–H groups in total. The van der Waals surface area contributed by atoms with Crippen LogP contribution in [0.25, 0.3) is 11.3 Å². The minimum absolute atomic E-state index is 0.138. The predicted molar refractivity (Wildman–Crippen MR) is 121 cm³/mol. The number of nitrogens with one attached hydrogen (secondary N) is 2. The second kappa shape index (κ2) is 10.4. The second-order valence-corrected chi connectivity index (χ2v) is 6.67. The van der Waals surface area contributed by atoms with Crippen LogP contribution >= 0.6 is 0 Å². The van der Waals surface area contributed by atoms with E-state index in [0.717, 1.165) is 22.4 Å². The van der Waals surface area contributed by atoms with E-state index in [1.807, 2.05) is 44.2 Å². The van der Waals surface area contributed by atoms with Gasteiger partial charge < -0.3 is 5.43 Å². The number of aromatic nitrogens is 2. The van der Waals surface area contributed by atoms with Gasteiger partial charge in [0.15, 0.2) is 0 Å². The number of hydrogen-bond acceptors (Lipinski definition) is 5. The van der Waals surface area contributed by atoms with E-state index < -0.39 is 0 Å². The van der Waals surface area contributed by atoms with Gasteiger partial charge in [0.25, 0.3) is 0 Å². The van der Waals surface area contributed by atoms with Gasteiger partial charge >= 0.3 is 0 Å². The summed E-state index contributed by atoms with van der Waals surface area (Å²) in [5.74, 6) is -0.0812. The summed E-state index contributed by atoms with van der Waals surface area (Å²) in [6, 6.07) is 17.8. The Morgan fingerprint density at radius 2 is 1.77 bits per heavy atom. The molecule has 0 unspecified atom stereocenters. The molecule has 2 heterocycles. The van der Waals surface area contributed by atoms with Gasteiger partial charge in [0, 0.05) is 25.2 Å². The van der Waals surface area contributed by atoms with E-state index in [9.17, 15) is 9.18 Å². The molecule has 2 aromatic carbocycles. The van der Waals surface area contributed by atoms with Crippen molar-refractivity contribution in [2.75, 3.05) is 11.4 Å². The van der Waals surface area contributed by atoms with Gasteiger partial charge in [0.05, 0.1) is 17.9 Å². The third-order valence-electron chi connectivity index (χ3n) is 4.67. The fraction of sp³-hybridized carbons (Fsp3) is 0.208. The topological polar surface area (TPSA) is 70.2 Å². The van der Waals surface area contributed by atoms with Crippen molar-refractivity contribution in [3.8, 4) is 0 Å². The van der Waals surface area contributed by atoms with E-state index in [-0.39, 0.29) is 11.7 Å². The molecule has 0 fully saturated rings. The van der Waals surface area contributed by atoms with Gasteiger partial charge in [-0.2, -0.15) is 0 Å². The third-order valence-corrected chi connectivity index (χ3v) is 4.67. The fourth-order valence-electron chi connectivity index (χ4n) is 3.20. The molecule has 0 radical (unpaired) electrons. The summed E-state index contributed by atoms with van der Waals surface area (Å²) in [6.45, 7) is 6.43. The zero-order chi connectivity index (χ0) is 22.2. The first-order valence-corrected chi connectivity index (χ1v) is 10.3. The Bertz CT molecular complexity index is 1050. The molecule has 7 heteroatoms. The number of hydrogen-bond donors (Lipinski definition) is 2. The number of carbonyl (C=O) groups is 1. The van der Waals surface area contributed by atoms with Crippen LogP contribution in [0, 0.1) is 5.82 Å². The van der Waals surface area contributed by atoms with Crippen molar-refractivity contribution < 1.29 is 9.18 Å². The van der Waals surface area contributed by atoms with Crippen LogP contribution in [0.2, 0.25) is 0 Å². The maximum atomic E-state index is 13.3. The van der Waals surface area contributed by atoms with Gasteiger partial charge in [0.2, 0.25) is 11.9 Å². The van der Waals surface area contributed by atoms with E-state index in [0.29, 0.717) is 24.7 Å². The Balaban J connectivity index is 0.00000132. The van der Waals surface area contributed by atoms with Crippen molar-refractivity contribution in [2.24, 2.45) is 0 Å². The molecule has 0 bridgehead atoms. The molecule has 31 heavy (non-hydrogen) atoms. The molecule has 6 nitrogen and oxygen atoms in total. The summed E-state index contributed by atoms with van der Waals surface area (Å²) in [4.78, 5) is 22.8. The molecule has 0 spiro atoms. The molecular weight excluding hydrogens is 393 g/mol. The number of hydrazine groups is 1. The van der Waals surface area contributed by atoms with Crippen LogP contribution in [-0.4, -0.2) is 22.4 Å². The smallest absolute Gasteiger partial charge is 0.232 e. The maximum Gasteiger partial charge on any atom is 0.232 e. The van der Waals surface area contributed by atoms with Crippen LogP contribution in [0.4, 0.5) is 10.3 Å². The highest BCUT2D eigenvalue weighted by molar-refractivity contribution is 5.92. The molecular formula is C24H26FN5O. The van der Waals surface area contributed by atoms with Crippen LogP contribution in [-0.2, 0) is 11.3 Å². The first-order chi connectivity index (χ1) is 15.1. The second-order valence-electron chi connectivity index (χ2n) is 6.67. The van der Waals surface area contributed by atoms with E-state index in [1.54, 1.807) is 29.3 Å². The average molecular weight is 420 g/mol. The highest BCUT2D eigenvalue weighted by Crippen LogP contribution is 2.26. The molecule has 0 saturated carbocycles. The van der Waals surface area contributed by atoms with Crippen LogP contribution in [0.15, 0.2) is 66.9 Å². The number of halogens is 1. The Morgan fingerprint density at radius 3 is 2.45 bits per heavy atom. The van der Waals surface area contributed by atoms with Crippen molar-refractivity contribution in [3.63, 3.8) is 0 Å². The van der Waals surface area contributed by atoms with Crippen molar-refractivity contribution in [3.05, 3.63) is 89.5 Å². The lowest BCUT2D eigenvalue weighted by atomic mass is 10.1. The van der Waals surface area contributed by atoms with Crippen LogP contribution in [0.1, 0.15) is 37.6 Å². The molecule has 0 aliphatic carbocycles. The van der Waals surface area contributed by atoms with Crippen molar-refractivity contribution >= 4 is 23.1 Å². The SMILES string of the molecule is CC.CC(=O)N(Cc1ccccc1)c1nccc(C2=C(c3ccc(F)cc3)NNC2)n1. The Labute approximate surface area is 181 Å². The highest BCUT2D eigenvalue weighted by atomic mass is 19.1. The third kappa shape index (κ3) is 5.32. The lowest BCUT2D eigenvalue weighted by Gasteiger charge is -2.19. The Morgan fingerprint density at radius 1 is 1.06 bits per heavy atom. The zero-order valence-electron chi connectivity index (χ0n) is 17.9. The number of carbonyl (C=O) groups excluding carboxylic acids is 1. The fourth-order valence-corrected chi connectivity index (χ4v) is 3.20. The summed E-state index contributed by atoms with van der Waals surface area (Å²) in [5, 5.41) is 0. The Kier molecular flexibility index (Phi) is 7.45. The molecule has 3 aromatic rings. The maximum absolute atomic E-state index is 13.3. The summed E-state index contributed by atoms with van der Waals surface area (Å²) in [6.07, 6.45) is 1.65. The Hall–Kier alpha value is -3.58. The summed E-state index contributed by atoms with van der Waals surface area (Å²) < 4.78 is 13.3. The number of rotatable bonds is 5. The first-order valence-electron chi connectivity index (χ1n) is 10.3. The zero-order valence-corrected chi connectivity index (χ0v) is 17.9. The number of amides is 1. The monoisotopic (exact) mass is 419 g/mol.